The van der Waals surface area contributed by atoms with E-state index in [2.05, 4.69) is 5.10 Å². The molecular formula is C18H22N4O3S. The first-order valence-corrected chi connectivity index (χ1v) is 10.3. The molecule has 0 N–H and O–H groups in total. The topological polar surface area (TPSA) is 75.5 Å². The fourth-order valence-electron chi connectivity index (χ4n) is 2.86. The summed E-state index contributed by atoms with van der Waals surface area (Å²) in [5.41, 5.74) is 1.78. The van der Waals surface area contributed by atoms with Crippen LogP contribution in [0.1, 0.15) is 12.0 Å². The number of hydrogen-bond acceptors (Lipinski definition) is 4. The van der Waals surface area contributed by atoms with Gasteiger partial charge in [-0.3, -0.25) is 4.79 Å². The van der Waals surface area contributed by atoms with Crippen molar-refractivity contribution in [1.29, 1.82) is 0 Å². The summed E-state index contributed by atoms with van der Waals surface area (Å²) in [6.45, 7) is 1.75. The molecule has 1 fully saturated rings. The molecule has 2 heterocycles. The van der Waals surface area contributed by atoms with Gasteiger partial charge in [0.15, 0.2) is 0 Å². The van der Waals surface area contributed by atoms with Gasteiger partial charge in [0.05, 0.1) is 18.1 Å². The highest BCUT2D eigenvalue weighted by molar-refractivity contribution is 7.88. The van der Waals surface area contributed by atoms with Crippen LogP contribution in [0.2, 0.25) is 0 Å². The Bertz CT molecular complexity index is 890. The number of aromatic nitrogens is 2. The largest absolute Gasteiger partial charge is 0.338 e. The highest BCUT2D eigenvalue weighted by Crippen LogP contribution is 2.10. The van der Waals surface area contributed by atoms with Crippen molar-refractivity contribution in [3.8, 4) is 5.69 Å². The van der Waals surface area contributed by atoms with Crippen LogP contribution in [0.3, 0.4) is 0 Å². The van der Waals surface area contributed by atoms with Gasteiger partial charge in [0.1, 0.15) is 0 Å². The van der Waals surface area contributed by atoms with Crippen LogP contribution in [0.15, 0.2) is 48.8 Å². The number of nitrogens with zero attached hydrogens (tertiary/aromatic N) is 4. The van der Waals surface area contributed by atoms with Crippen molar-refractivity contribution < 1.29 is 13.2 Å². The predicted octanol–water partition coefficient (Wildman–Crippen LogP) is 1.38. The first-order chi connectivity index (χ1) is 12.4. The molecular weight excluding hydrogens is 352 g/mol. The van der Waals surface area contributed by atoms with Crippen molar-refractivity contribution in [3.63, 3.8) is 0 Å². The minimum atomic E-state index is -3.21. The third kappa shape index (κ3) is 4.59. The van der Waals surface area contributed by atoms with E-state index in [0.717, 1.165) is 11.3 Å². The third-order valence-corrected chi connectivity index (χ3v) is 5.58. The van der Waals surface area contributed by atoms with Crippen LogP contribution in [-0.2, 0) is 14.8 Å². The van der Waals surface area contributed by atoms with Gasteiger partial charge in [-0.2, -0.15) is 5.10 Å². The van der Waals surface area contributed by atoms with E-state index in [9.17, 15) is 13.2 Å². The third-order valence-electron chi connectivity index (χ3n) is 4.28. The lowest BCUT2D eigenvalue weighted by molar-refractivity contribution is -0.125. The van der Waals surface area contributed by atoms with E-state index < -0.39 is 10.0 Å². The maximum Gasteiger partial charge on any atom is 0.246 e. The minimum absolute atomic E-state index is 0.118. The van der Waals surface area contributed by atoms with Gasteiger partial charge >= 0.3 is 0 Å². The van der Waals surface area contributed by atoms with E-state index >= 15 is 0 Å². The predicted molar refractivity (Wildman–Crippen MR) is 100 cm³/mol. The van der Waals surface area contributed by atoms with Crippen LogP contribution in [-0.4, -0.2) is 65.7 Å². The zero-order chi connectivity index (χ0) is 18.6. The molecule has 0 saturated carbocycles. The molecule has 7 nitrogen and oxygen atoms in total. The van der Waals surface area contributed by atoms with E-state index in [0.29, 0.717) is 32.6 Å². The Morgan fingerprint density at radius 3 is 2.62 bits per heavy atom. The first kappa shape index (κ1) is 18.3. The molecule has 0 aliphatic carbocycles. The molecule has 0 unspecified atom stereocenters. The monoisotopic (exact) mass is 374 g/mol. The smallest absolute Gasteiger partial charge is 0.246 e. The lowest BCUT2D eigenvalue weighted by Crippen LogP contribution is -2.36. The SMILES string of the molecule is CS(=O)(=O)N1CCCN(C(=O)/C=C/c2cnn(-c3ccccc3)c2)CC1. The summed E-state index contributed by atoms with van der Waals surface area (Å²) < 4.78 is 26.5. The van der Waals surface area contributed by atoms with E-state index in [1.165, 1.54) is 16.6 Å². The highest BCUT2D eigenvalue weighted by Gasteiger charge is 2.22. The van der Waals surface area contributed by atoms with Crippen molar-refractivity contribution in [2.45, 2.75) is 6.42 Å². The Labute approximate surface area is 153 Å². The Morgan fingerprint density at radius 1 is 1.12 bits per heavy atom. The van der Waals surface area contributed by atoms with E-state index in [1.54, 1.807) is 21.9 Å². The summed E-state index contributed by atoms with van der Waals surface area (Å²) in [6.07, 6.45) is 8.64. The van der Waals surface area contributed by atoms with Crippen LogP contribution in [0.4, 0.5) is 0 Å². The lowest BCUT2D eigenvalue weighted by atomic mass is 10.3. The molecule has 1 amide bonds. The molecule has 1 aliphatic rings. The molecule has 0 radical (unpaired) electrons. The van der Waals surface area contributed by atoms with Crippen molar-refractivity contribution >= 4 is 22.0 Å². The number of hydrogen-bond donors (Lipinski definition) is 0. The molecule has 1 saturated heterocycles. The van der Waals surface area contributed by atoms with Gasteiger partial charge in [-0.25, -0.2) is 17.4 Å². The maximum atomic E-state index is 12.4. The molecule has 0 spiro atoms. The molecule has 3 rings (SSSR count). The van der Waals surface area contributed by atoms with E-state index in [1.807, 2.05) is 36.5 Å². The summed E-state index contributed by atoms with van der Waals surface area (Å²) >= 11 is 0. The first-order valence-electron chi connectivity index (χ1n) is 8.46. The number of amides is 1. The van der Waals surface area contributed by atoms with Gasteiger partial charge in [-0.15, -0.1) is 0 Å². The number of carbonyl (C=O) groups is 1. The average molecular weight is 374 g/mol. The average Bonchev–Trinajstić information content (AvgIpc) is 2.94. The molecule has 26 heavy (non-hydrogen) atoms. The van der Waals surface area contributed by atoms with Crippen molar-refractivity contribution in [3.05, 3.63) is 54.4 Å². The molecule has 8 heteroatoms. The second kappa shape index (κ2) is 7.84. The Kier molecular flexibility index (Phi) is 5.53. The molecule has 1 aromatic carbocycles. The number of carbonyl (C=O) groups excluding carboxylic acids is 1. The number of sulfonamides is 1. The van der Waals surface area contributed by atoms with E-state index in [4.69, 9.17) is 0 Å². The normalized spacial score (nSPS) is 16.7. The summed E-state index contributed by atoms with van der Waals surface area (Å²) in [4.78, 5) is 14.1. The summed E-state index contributed by atoms with van der Waals surface area (Å²) in [5.74, 6) is -0.118. The lowest BCUT2D eigenvalue weighted by Gasteiger charge is -2.19. The van der Waals surface area contributed by atoms with Gasteiger partial charge in [0, 0.05) is 44.0 Å². The molecule has 0 atom stereocenters. The number of rotatable bonds is 4. The van der Waals surface area contributed by atoms with Crippen LogP contribution in [0.5, 0.6) is 0 Å². The Hall–Kier alpha value is -2.45. The molecule has 0 bridgehead atoms. The van der Waals surface area contributed by atoms with Gasteiger partial charge < -0.3 is 4.90 Å². The van der Waals surface area contributed by atoms with Gasteiger partial charge in [0.25, 0.3) is 0 Å². The van der Waals surface area contributed by atoms with Crippen LogP contribution in [0, 0.1) is 0 Å². The second-order valence-corrected chi connectivity index (χ2v) is 8.21. The minimum Gasteiger partial charge on any atom is -0.338 e. The second-order valence-electron chi connectivity index (χ2n) is 6.23. The zero-order valence-electron chi connectivity index (χ0n) is 14.7. The van der Waals surface area contributed by atoms with Gasteiger partial charge in [-0.05, 0) is 24.6 Å². The maximum absolute atomic E-state index is 12.4. The quantitative estimate of drug-likeness (QED) is 0.758. The van der Waals surface area contributed by atoms with Crippen molar-refractivity contribution in [1.82, 2.24) is 19.0 Å². The standard InChI is InChI=1S/C18H22N4O3S/c1-26(24,25)21-11-5-10-20(12-13-21)18(23)9-8-16-14-19-22(15-16)17-6-3-2-4-7-17/h2-4,6-9,14-15H,5,10-13H2,1H3/b9-8+. The number of para-hydroxylation sites is 1. The molecule has 1 aromatic heterocycles. The summed E-state index contributed by atoms with van der Waals surface area (Å²) in [6, 6.07) is 9.73. The molecule has 2 aromatic rings. The molecule has 138 valence electrons. The van der Waals surface area contributed by atoms with Crippen LogP contribution < -0.4 is 0 Å². The summed E-state index contributed by atoms with van der Waals surface area (Å²) in [5, 5.41) is 4.30. The van der Waals surface area contributed by atoms with Gasteiger partial charge in [-0.1, -0.05) is 18.2 Å². The van der Waals surface area contributed by atoms with Crippen molar-refractivity contribution in [2.24, 2.45) is 0 Å². The Morgan fingerprint density at radius 2 is 1.88 bits per heavy atom. The fraction of sp³-hybridized carbons (Fsp3) is 0.333. The van der Waals surface area contributed by atoms with Crippen LogP contribution >= 0.6 is 0 Å². The Balaban J connectivity index is 1.62. The molecule has 1 aliphatic heterocycles. The van der Waals surface area contributed by atoms with Crippen LogP contribution in [0.25, 0.3) is 11.8 Å². The number of benzene rings is 1. The van der Waals surface area contributed by atoms with Gasteiger partial charge in [0.2, 0.25) is 15.9 Å². The fourth-order valence-corrected chi connectivity index (χ4v) is 3.74. The van der Waals surface area contributed by atoms with E-state index in [-0.39, 0.29) is 5.91 Å². The zero-order valence-corrected chi connectivity index (χ0v) is 15.5. The summed E-state index contributed by atoms with van der Waals surface area (Å²) in [7, 11) is -3.21. The highest BCUT2D eigenvalue weighted by atomic mass is 32.2. The van der Waals surface area contributed by atoms with Crippen molar-refractivity contribution in [2.75, 3.05) is 32.4 Å².